The van der Waals surface area contributed by atoms with Gasteiger partial charge < -0.3 is 9.84 Å². The lowest BCUT2D eigenvalue weighted by molar-refractivity contribution is -0.127. The lowest BCUT2D eigenvalue weighted by atomic mass is 9.49. The number of carbonyl (C=O) groups is 4. The van der Waals surface area contributed by atoms with Crippen molar-refractivity contribution in [2.45, 2.75) is 31.1 Å². The first-order valence-corrected chi connectivity index (χ1v) is 17.2. The highest BCUT2D eigenvalue weighted by atomic mass is 35.5. The van der Waals surface area contributed by atoms with Crippen LogP contribution in [0.5, 0.6) is 11.5 Å². The van der Waals surface area contributed by atoms with Crippen molar-refractivity contribution in [2.75, 3.05) is 16.9 Å². The summed E-state index contributed by atoms with van der Waals surface area (Å²) < 4.78 is 5.36. The molecule has 4 aromatic carbocycles. The maximum Gasteiger partial charge on any atom is 0.246 e. The van der Waals surface area contributed by atoms with Gasteiger partial charge in [-0.2, -0.15) is 0 Å². The van der Waals surface area contributed by atoms with E-state index in [0.29, 0.717) is 32.5 Å². The fourth-order valence-electron chi connectivity index (χ4n) is 8.98. The Morgan fingerprint density at radius 2 is 1.56 bits per heavy atom. The van der Waals surface area contributed by atoms with Gasteiger partial charge in [-0.3, -0.25) is 19.2 Å². The molecule has 4 aliphatic rings. The highest BCUT2D eigenvalue weighted by Crippen LogP contribution is 2.65. The van der Waals surface area contributed by atoms with E-state index in [2.05, 4.69) is 0 Å². The number of carbonyl (C=O) groups excluding carboxylic acids is 4. The van der Waals surface area contributed by atoms with Crippen molar-refractivity contribution in [3.63, 3.8) is 0 Å². The van der Waals surface area contributed by atoms with Crippen molar-refractivity contribution in [3.05, 3.63) is 129 Å². The molecule has 4 amide bonds. The number of amides is 4. The molecule has 2 aliphatic carbocycles. The quantitative estimate of drug-likeness (QED) is 0.172. The first kappa shape index (κ1) is 32.3. The van der Waals surface area contributed by atoms with E-state index >= 15 is 4.79 Å². The number of phenols is 1. The molecule has 8 nitrogen and oxygen atoms in total. The number of allylic oxidation sites excluding steroid dienone is 2. The standard InChI is InChI=1S/C40H32Cl2N2O6/c1-21-11-13-26(19-31(21)42)43-36(46)28-15-14-27-29(34(28)38(43)48)20-30-37(47)44(25-10-6-9-24(41)18-25)39(49)40(30,23-7-4-3-5-8-23)35(27)22-12-16-33(50-2)32(45)17-22/h3-14,16-19,28-30,34-35,45H,15,20H2,1-2H3. The first-order valence-electron chi connectivity index (χ1n) is 16.5. The number of fused-ring (bicyclic) bond motifs is 4. The van der Waals surface area contributed by atoms with Crippen LogP contribution >= 0.6 is 23.2 Å². The van der Waals surface area contributed by atoms with Crippen molar-refractivity contribution in [3.8, 4) is 11.5 Å². The van der Waals surface area contributed by atoms with Crippen LogP contribution in [-0.4, -0.2) is 35.8 Å². The van der Waals surface area contributed by atoms with E-state index in [1.165, 1.54) is 16.9 Å². The molecular weight excluding hydrogens is 675 g/mol. The fourth-order valence-corrected chi connectivity index (χ4v) is 9.34. The van der Waals surface area contributed by atoms with Gasteiger partial charge in [0, 0.05) is 16.0 Å². The molecule has 3 fully saturated rings. The number of hydrogen-bond donors (Lipinski definition) is 1. The fraction of sp³-hybridized carbons (Fsp3) is 0.250. The van der Waals surface area contributed by atoms with E-state index in [4.69, 9.17) is 27.9 Å². The molecule has 8 rings (SSSR count). The summed E-state index contributed by atoms with van der Waals surface area (Å²) in [6.45, 7) is 1.85. The first-order chi connectivity index (χ1) is 24.1. The molecule has 1 saturated carbocycles. The van der Waals surface area contributed by atoms with Crippen molar-refractivity contribution in [1.29, 1.82) is 0 Å². The van der Waals surface area contributed by atoms with Crippen LogP contribution < -0.4 is 14.5 Å². The third-order valence-electron chi connectivity index (χ3n) is 11.1. The van der Waals surface area contributed by atoms with Crippen LogP contribution in [0.4, 0.5) is 11.4 Å². The Morgan fingerprint density at radius 1 is 0.800 bits per heavy atom. The van der Waals surface area contributed by atoms with Gasteiger partial charge in [-0.15, -0.1) is 0 Å². The molecular formula is C40H32Cl2N2O6. The van der Waals surface area contributed by atoms with Gasteiger partial charge in [0.1, 0.15) is 0 Å². The Morgan fingerprint density at radius 3 is 2.26 bits per heavy atom. The van der Waals surface area contributed by atoms with Crippen molar-refractivity contribution in [2.24, 2.45) is 23.7 Å². The minimum atomic E-state index is -1.45. The van der Waals surface area contributed by atoms with Gasteiger partial charge in [-0.05, 0) is 84.8 Å². The molecule has 2 heterocycles. The largest absolute Gasteiger partial charge is 0.504 e. The van der Waals surface area contributed by atoms with E-state index in [1.807, 2.05) is 43.3 Å². The highest BCUT2D eigenvalue weighted by molar-refractivity contribution is 6.33. The number of benzene rings is 4. The van der Waals surface area contributed by atoms with E-state index in [0.717, 1.165) is 11.1 Å². The van der Waals surface area contributed by atoms with E-state index in [9.17, 15) is 19.5 Å². The summed E-state index contributed by atoms with van der Waals surface area (Å²) in [5.74, 6) is -5.06. The smallest absolute Gasteiger partial charge is 0.246 e. The molecule has 50 heavy (non-hydrogen) atoms. The van der Waals surface area contributed by atoms with Crippen LogP contribution in [0, 0.1) is 30.6 Å². The number of aryl methyl sites for hydroxylation is 1. The van der Waals surface area contributed by atoms with Crippen LogP contribution in [0.1, 0.15) is 35.4 Å². The number of anilines is 2. The molecule has 0 spiro atoms. The SMILES string of the molecule is COc1ccc(C2C3=CCC4C(=O)N(c5ccc(C)c(Cl)c5)C(=O)C4C3CC3C(=O)N(c4cccc(Cl)c4)C(=O)C32c2ccccc2)cc1O. The molecule has 6 atom stereocenters. The van der Waals surface area contributed by atoms with E-state index in [1.54, 1.807) is 60.7 Å². The number of phenolic OH excluding ortho intramolecular Hbond substituents is 1. The second kappa shape index (κ2) is 11.9. The second-order valence-electron chi connectivity index (χ2n) is 13.5. The number of halogens is 2. The Labute approximate surface area is 298 Å². The number of imide groups is 2. The lowest BCUT2D eigenvalue weighted by Crippen LogP contribution is -2.53. The zero-order valence-corrected chi connectivity index (χ0v) is 28.7. The maximum atomic E-state index is 15.3. The van der Waals surface area contributed by atoms with Gasteiger partial charge in [-0.25, -0.2) is 9.80 Å². The summed E-state index contributed by atoms with van der Waals surface area (Å²) >= 11 is 12.8. The minimum Gasteiger partial charge on any atom is -0.504 e. The molecule has 0 bridgehead atoms. The van der Waals surface area contributed by atoms with Gasteiger partial charge >= 0.3 is 0 Å². The van der Waals surface area contributed by atoms with Crippen molar-refractivity contribution < 1.29 is 29.0 Å². The van der Waals surface area contributed by atoms with E-state index in [-0.39, 0.29) is 36.2 Å². The highest BCUT2D eigenvalue weighted by Gasteiger charge is 2.70. The van der Waals surface area contributed by atoms with Crippen LogP contribution in [0.2, 0.25) is 10.0 Å². The molecule has 2 saturated heterocycles. The molecule has 0 radical (unpaired) electrons. The summed E-state index contributed by atoms with van der Waals surface area (Å²) in [6, 6.07) is 26.0. The lowest BCUT2D eigenvalue weighted by Gasteiger charge is -2.50. The predicted octanol–water partition coefficient (Wildman–Crippen LogP) is 7.38. The molecule has 2 aliphatic heterocycles. The van der Waals surface area contributed by atoms with E-state index < -0.39 is 46.8 Å². The van der Waals surface area contributed by atoms with Crippen LogP contribution in [0.25, 0.3) is 0 Å². The number of methoxy groups -OCH3 is 1. The minimum absolute atomic E-state index is 0.126. The summed E-state index contributed by atoms with van der Waals surface area (Å²) in [4.78, 5) is 61.1. The summed E-state index contributed by atoms with van der Waals surface area (Å²) in [6.07, 6.45) is 2.41. The Hall–Kier alpha value is -4.92. The number of aromatic hydroxyl groups is 1. The van der Waals surface area contributed by atoms with Gasteiger partial charge in [-0.1, -0.05) is 83.4 Å². The number of ether oxygens (including phenoxy) is 1. The van der Waals surface area contributed by atoms with Crippen LogP contribution in [0.3, 0.4) is 0 Å². The zero-order valence-electron chi connectivity index (χ0n) is 27.2. The number of rotatable bonds is 5. The second-order valence-corrected chi connectivity index (χ2v) is 14.3. The van der Waals surface area contributed by atoms with Gasteiger partial charge in [0.2, 0.25) is 23.6 Å². The maximum absolute atomic E-state index is 15.3. The normalized spacial score (nSPS) is 27.2. The Balaban J connectivity index is 1.35. The van der Waals surface area contributed by atoms with Crippen LogP contribution in [-0.2, 0) is 24.6 Å². The molecule has 0 aromatic heterocycles. The zero-order chi connectivity index (χ0) is 35.1. The Bertz CT molecular complexity index is 2150. The number of nitrogens with zero attached hydrogens (tertiary/aromatic N) is 2. The summed E-state index contributed by atoms with van der Waals surface area (Å²) in [5.41, 5.74) is 2.12. The Kier molecular flexibility index (Phi) is 7.66. The molecule has 4 aromatic rings. The third-order valence-corrected chi connectivity index (χ3v) is 11.8. The topological polar surface area (TPSA) is 104 Å². The number of hydrogen-bond acceptors (Lipinski definition) is 6. The summed E-state index contributed by atoms with van der Waals surface area (Å²) in [5, 5.41) is 11.9. The third kappa shape index (κ3) is 4.51. The van der Waals surface area contributed by atoms with Crippen molar-refractivity contribution >= 4 is 58.2 Å². The summed E-state index contributed by atoms with van der Waals surface area (Å²) in [7, 11) is 1.45. The monoisotopic (exact) mass is 706 g/mol. The average molecular weight is 708 g/mol. The van der Waals surface area contributed by atoms with Crippen LogP contribution in [0.15, 0.2) is 103 Å². The molecule has 252 valence electrons. The molecule has 10 heteroatoms. The van der Waals surface area contributed by atoms with Gasteiger partial charge in [0.25, 0.3) is 0 Å². The molecule has 1 N–H and O–H groups in total. The van der Waals surface area contributed by atoms with Crippen molar-refractivity contribution in [1.82, 2.24) is 0 Å². The average Bonchev–Trinajstić information content (AvgIpc) is 3.50. The van der Waals surface area contributed by atoms with Gasteiger partial charge in [0.15, 0.2) is 11.5 Å². The predicted molar refractivity (Wildman–Crippen MR) is 189 cm³/mol. The molecule has 6 unspecified atom stereocenters. The van der Waals surface area contributed by atoms with Gasteiger partial charge in [0.05, 0.1) is 41.7 Å².